The Bertz CT molecular complexity index is 256. The number of nitrogens with one attached hydrogen (secondary N) is 1. The molecule has 2 atom stereocenters. The van der Waals surface area contributed by atoms with Crippen LogP contribution in [0.1, 0.15) is 27.2 Å². The summed E-state index contributed by atoms with van der Waals surface area (Å²) in [6.07, 6.45) is 0.443. The Kier molecular flexibility index (Phi) is 7.54. The third-order valence-corrected chi connectivity index (χ3v) is 2.61. The molecule has 2 unspecified atom stereocenters. The SMILES string of the molecule is CCNC(C)CC(=O)N(C)CC(C)C(=O)OC. The van der Waals surface area contributed by atoms with E-state index < -0.39 is 0 Å². The van der Waals surface area contributed by atoms with Gasteiger partial charge in [-0.05, 0) is 13.5 Å². The summed E-state index contributed by atoms with van der Waals surface area (Å²) in [6.45, 7) is 6.97. The molecule has 0 fully saturated rings. The molecule has 0 saturated heterocycles. The van der Waals surface area contributed by atoms with Gasteiger partial charge in [-0.3, -0.25) is 9.59 Å². The third kappa shape index (κ3) is 6.26. The maximum atomic E-state index is 11.8. The lowest BCUT2D eigenvalue weighted by atomic mass is 10.1. The van der Waals surface area contributed by atoms with E-state index in [2.05, 4.69) is 10.1 Å². The van der Waals surface area contributed by atoms with Gasteiger partial charge in [-0.25, -0.2) is 0 Å². The largest absolute Gasteiger partial charge is 0.469 e. The first-order valence-electron chi connectivity index (χ1n) is 5.97. The minimum atomic E-state index is -0.289. The summed E-state index contributed by atoms with van der Waals surface area (Å²) in [4.78, 5) is 24.6. The lowest BCUT2D eigenvalue weighted by Gasteiger charge is -2.22. The molecule has 0 heterocycles. The molecule has 1 amide bonds. The normalized spacial score (nSPS) is 13.9. The maximum absolute atomic E-state index is 11.8. The zero-order chi connectivity index (χ0) is 13.4. The number of nitrogens with zero attached hydrogens (tertiary/aromatic N) is 1. The summed E-state index contributed by atoms with van der Waals surface area (Å²) >= 11 is 0. The first kappa shape index (κ1) is 15.9. The molecule has 100 valence electrons. The van der Waals surface area contributed by atoms with Crippen molar-refractivity contribution >= 4 is 11.9 Å². The predicted molar refractivity (Wildman–Crippen MR) is 66.6 cm³/mol. The van der Waals surface area contributed by atoms with E-state index in [4.69, 9.17) is 0 Å². The van der Waals surface area contributed by atoms with E-state index in [0.29, 0.717) is 13.0 Å². The minimum absolute atomic E-state index is 0.0363. The monoisotopic (exact) mass is 244 g/mol. The standard InChI is InChI=1S/C12H24N2O3/c1-6-13-10(3)7-11(15)14(4)8-9(2)12(16)17-5/h9-10,13H,6-8H2,1-5H3. The molecule has 0 rings (SSSR count). The van der Waals surface area contributed by atoms with Gasteiger partial charge in [0.1, 0.15) is 0 Å². The highest BCUT2D eigenvalue weighted by Crippen LogP contribution is 2.03. The van der Waals surface area contributed by atoms with Crippen LogP contribution >= 0.6 is 0 Å². The number of carbonyl (C=O) groups is 2. The molecular formula is C12H24N2O3. The first-order valence-corrected chi connectivity index (χ1v) is 5.97. The van der Waals surface area contributed by atoms with Crippen LogP contribution in [0.25, 0.3) is 0 Å². The van der Waals surface area contributed by atoms with E-state index in [9.17, 15) is 9.59 Å². The fraction of sp³-hybridized carbons (Fsp3) is 0.833. The molecule has 5 heteroatoms. The van der Waals surface area contributed by atoms with E-state index in [-0.39, 0.29) is 23.8 Å². The average molecular weight is 244 g/mol. The van der Waals surface area contributed by atoms with Crippen LogP contribution in [-0.2, 0) is 14.3 Å². The molecule has 0 spiro atoms. The van der Waals surface area contributed by atoms with E-state index in [0.717, 1.165) is 6.54 Å². The van der Waals surface area contributed by atoms with Crippen LogP contribution in [0.2, 0.25) is 0 Å². The van der Waals surface area contributed by atoms with E-state index in [1.54, 1.807) is 18.9 Å². The van der Waals surface area contributed by atoms with E-state index in [1.807, 2.05) is 13.8 Å². The van der Waals surface area contributed by atoms with Crippen molar-refractivity contribution < 1.29 is 14.3 Å². The Morgan fingerprint density at radius 1 is 1.35 bits per heavy atom. The van der Waals surface area contributed by atoms with Crippen LogP contribution in [0.4, 0.5) is 0 Å². The van der Waals surface area contributed by atoms with Gasteiger partial charge in [0.2, 0.25) is 5.91 Å². The van der Waals surface area contributed by atoms with Gasteiger partial charge >= 0.3 is 5.97 Å². The van der Waals surface area contributed by atoms with Crippen LogP contribution < -0.4 is 5.32 Å². The molecule has 17 heavy (non-hydrogen) atoms. The quantitative estimate of drug-likeness (QED) is 0.668. The van der Waals surface area contributed by atoms with Crippen molar-refractivity contribution in [1.82, 2.24) is 10.2 Å². The van der Waals surface area contributed by atoms with Gasteiger partial charge < -0.3 is 15.0 Å². The zero-order valence-corrected chi connectivity index (χ0v) is 11.4. The van der Waals surface area contributed by atoms with Crippen molar-refractivity contribution in [3.63, 3.8) is 0 Å². The van der Waals surface area contributed by atoms with Crippen molar-refractivity contribution in [3.05, 3.63) is 0 Å². The zero-order valence-electron chi connectivity index (χ0n) is 11.4. The summed E-state index contributed by atoms with van der Waals surface area (Å²) in [5, 5.41) is 3.18. The Labute approximate surface area is 103 Å². The third-order valence-electron chi connectivity index (χ3n) is 2.61. The molecular weight excluding hydrogens is 220 g/mol. The highest BCUT2D eigenvalue weighted by Gasteiger charge is 2.19. The average Bonchev–Trinajstić information content (AvgIpc) is 2.27. The van der Waals surface area contributed by atoms with Gasteiger partial charge in [0, 0.05) is 26.1 Å². The highest BCUT2D eigenvalue weighted by atomic mass is 16.5. The Hall–Kier alpha value is -1.10. The van der Waals surface area contributed by atoms with Crippen molar-refractivity contribution in [3.8, 4) is 0 Å². The number of hydrogen-bond donors (Lipinski definition) is 1. The van der Waals surface area contributed by atoms with Crippen molar-refractivity contribution in [1.29, 1.82) is 0 Å². The highest BCUT2D eigenvalue weighted by molar-refractivity contribution is 5.78. The Morgan fingerprint density at radius 2 is 1.94 bits per heavy atom. The molecule has 0 aromatic heterocycles. The molecule has 0 bridgehead atoms. The number of hydrogen-bond acceptors (Lipinski definition) is 4. The molecule has 0 saturated carbocycles. The van der Waals surface area contributed by atoms with Crippen molar-refractivity contribution in [2.75, 3.05) is 27.2 Å². The van der Waals surface area contributed by atoms with Crippen LogP contribution in [0.5, 0.6) is 0 Å². The van der Waals surface area contributed by atoms with Crippen LogP contribution in [0.15, 0.2) is 0 Å². The molecule has 0 aliphatic heterocycles. The second kappa shape index (κ2) is 8.06. The smallest absolute Gasteiger partial charge is 0.310 e. The number of rotatable bonds is 7. The van der Waals surface area contributed by atoms with Gasteiger partial charge in [-0.15, -0.1) is 0 Å². The summed E-state index contributed by atoms with van der Waals surface area (Å²) in [5.74, 6) is -0.540. The van der Waals surface area contributed by atoms with Gasteiger partial charge in [0.25, 0.3) is 0 Å². The second-order valence-corrected chi connectivity index (χ2v) is 4.36. The molecule has 0 aliphatic carbocycles. The van der Waals surface area contributed by atoms with Gasteiger partial charge in [0.05, 0.1) is 13.0 Å². The lowest BCUT2D eigenvalue weighted by Crippen LogP contribution is -2.38. The summed E-state index contributed by atoms with van der Waals surface area (Å²) in [7, 11) is 3.06. The number of ether oxygens (including phenoxy) is 1. The Balaban J connectivity index is 4.09. The van der Waals surface area contributed by atoms with Crippen LogP contribution in [-0.4, -0.2) is 50.1 Å². The number of carbonyl (C=O) groups excluding carboxylic acids is 2. The van der Waals surface area contributed by atoms with Gasteiger partial charge in [-0.2, -0.15) is 0 Å². The maximum Gasteiger partial charge on any atom is 0.310 e. The summed E-state index contributed by atoms with van der Waals surface area (Å²) in [6, 6.07) is 0.156. The van der Waals surface area contributed by atoms with Crippen molar-refractivity contribution in [2.24, 2.45) is 5.92 Å². The molecule has 5 nitrogen and oxygen atoms in total. The fourth-order valence-electron chi connectivity index (χ4n) is 1.63. The van der Waals surface area contributed by atoms with E-state index in [1.165, 1.54) is 7.11 Å². The van der Waals surface area contributed by atoms with Gasteiger partial charge in [-0.1, -0.05) is 13.8 Å². The number of amides is 1. The molecule has 0 radical (unpaired) electrons. The number of esters is 1. The molecule has 0 aromatic carbocycles. The van der Waals surface area contributed by atoms with Gasteiger partial charge in [0.15, 0.2) is 0 Å². The molecule has 1 N–H and O–H groups in total. The van der Waals surface area contributed by atoms with E-state index >= 15 is 0 Å². The Morgan fingerprint density at radius 3 is 2.41 bits per heavy atom. The summed E-state index contributed by atoms with van der Waals surface area (Å²) < 4.78 is 4.62. The first-order chi connectivity index (χ1) is 7.92. The number of methoxy groups -OCH3 is 1. The van der Waals surface area contributed by atoms with Crippen LogP contribution in [0, 0.1) is 5.92 Å². The molecule has 0 aromatic rings. The second-order valence-electron chi connectivity index (χ2n) is 4.36. The fourth-order valence-corrected chi connectivity index (χ4v) is 1.63. The lowest BCUT2D eigenvalue weighted by molar-refractivity contribution is -0.146. The van der Waals surface area contributed by atoms with Crippen LogP contribution in [0.3, 0.4) is 0 Å². The molecule has 0 aliphatic rings. The minimum Gasteiger partial charge on any atom is -0.469 e. The summed E-state index contributed by atoms with van der Waals surface area (Å²) in [5.41, 5.74) is 0. The topological polar surface area (TPSA) is 58.6 Å². The van der Waals surface area contributed by atoms with Crippen molar-refractivity contribution in [2.45, 2.75) is 33.2 Å². The predicted octanol–water partition coefficient (Wildman–Crippen LogP) is 0.642.